The normalized spacial score (nSPS) is 15.7. The molecule has 1 atom stereocenters. The maximum atomic E-state index is 13.3. The van der Waals surface area contributed by atoms with E-state index in [0.717, 1.165) is 45.0 Å². The molecule has 0 radical (unpaired) electrons. The van der Waals surface area contributed by atoms with Gasteiger partial charge in [0.15, 0.2) is 0 Å². The van der Waals surface area contributed by atoms with Gasteiger partial charge in [-0.15, -0.1) is 0 Å². The molecule has 2 aromatic carbocycles. The predicted molar refractivity (Wildman–Crippen MR) is 128 cm³/mol. The Labute approximate surface area is 203 Å². The molecule has 0 amide bonds. The molecule has 10 heteroatoms. The second-order valence-electron chi connectivity index (χ2n) is 8.03. The lowest BCUT2D eigenvalue weighted by Gasteiger charge is -2.35. The van der Waals surface area contributed by atoms with Crippen LogP contribution in [-0.2, 0) is 14.8 Å². The van der Waals surface area contributed by atoms with Gasteiger partial charge in [0, 0.05) is 23.2 Å². The van der Waals surface area contributed by atoms with Crippen molar-refractivity contribution in [3.63, 3.8) is 0 Å². The van der Waals surface area contributed by atoms with Gasteiger partial charge in [-0.2, -0.15) is 0 Å². The summed E-state index contributed by atoms with van der Waals surface area (Å²) in [6, 6.07) is 15.9. The van der Waals surface area contributed by atoms with E-state index in [1.165, 1.54) is 0 Å². The van der Waals surface area contributed by atoms with Gasteiger partial charge < -0.3 is 9.15 Å². The molecule has 2 heterocycles. The van der Waals surface area contributed by atoms with E-state index in [9.17, 15) is 13.2 Å². The number of esters is 1. The van der Waals surface area contributed by atoms with Crippen molar-refractivity contribution >= 4 is 27.6 Å². The Kier molecular flexibility index (Phi) is 7.67. The van der Waals surface area contributed by atoms with E-state index in [1.807, 2.05) is 18.2 Å². The Morgan fingerprint density at radius 3 is 2.44 bits per heavy atom. The van der Waals surface area contributed by atoms with Crippen molar-refractivity contribution < 1.29 is 22.4 Å². The fourth-order valence-electron chi connectivity index (χ4n) is 4.05. The molecule has 180 valence electrons. The number of oxazole rings is 1. The molecule has 1 fully saturated rings. The van der Waals surface area contributed by atoms with Crippen molar-refractivity contribution in [3.8, 4) is 11.5 Å². The highest BCUT2D eigenvalue weighted by Gasteiger charge is 2.33. The molecule has 0 bridgehead atoms. The number of sulfonamides is 1. The Morgan fingerprint density at radius 2 is 1.79 bits per heavy atom. The molecule has 0 aliphatic carbocycles. The van der Waals surface area contributed by atoms with E-state index in [4.69, 9.17) is 20.8 Å². The topological polar surface area (TPSA) is 102 Å². The number of aromatic nitrogens is 1. The molecule has 1 aliphatic heterocycles. The standard InChI is InChI=1S/C24H26ClN3O5S/c1-32-23(29)21-24(33-22(27-21)18-8-4-2-5-9-18)34(30,31)26-16-20(28-14-6-3-7-15-28)17-10-12-19(25)13-11-17/h2,4-5,8-13,20,26H,3,6-7,14-16H2,1H3. The fraction of sp³-hybridized carbons (Fsp3) is 0.333. The van der Waals surface area contributed by atoms with Crippen molar-refractivity contribution in [2.45, 2.75) is 30.4 Å². The van der Waals surface area contributed by atoms with E-state index in [1.54, 1.807) is 36.4 Å². The summed E-state index contributed by atoms with van der Waals surface area (Å²) < 4.78 is 39.6. The van der Waals surface area contributed by atoms with Crippen LogP contribution in [0.2, 0.25) is 5.02 Å². The summed E-state index contributed by atoms with van der Waals surface area (Å²) in [7, 11) is -3.05. The van der Waals surface area contributed by atoms with Gasteiger partial charge in [-0.25, -0.2) is 22.9 Å². The van der Waals surface area contributed by atoms with Gasteiger partial charge in [0.2, 0.25) is 11.6 Å². The molecule has 1 aromatic heterocycles. The Balaban J connectivity index is 1.63. The van der Waals surface area contributed by atoms with Gasteiger partial charge >= 0.3 is 5.97 Å². The number of carbonyl (C=O) groups is 1. The molecule has 1 saturated heterocycles. The number of carbonyl (C=O) groups excluding carboxylic acids is 1. The van der Waals surface area contributed by atoms with Crippen molar-refractivity contribution in [2.24, 2.45) is 0 Å². The minimum absolute atomic E-state index is 0.0201. The highest BCUT2D eigenvalue weighted by atomic mass is 35.5. The fourth-order valence-corrected chi connectivity index (χ4v) is 5.25. The number of hydrogen-bond acceptors (Lipinski definition) is 7. The van der Waals surface area contributed by atoms with E-state index in [2.05, 4.69) is 14.6 Å². The van der Waals surface area contributed by atoms with Crippen LogP contribution in [0, 0.1) is 0 Å². The summed E-state index contributed by atoms with van der Waals surface area (Å²) in [4.78, 5) is 18.7. The maximum absolute atomic E-state index is 13.3. The maximum Gasteiger partial charge on any atom is 0.361 e. The van der Waals surface area contributed by atoms with Gasteiger partial charge in [-0.3, -0.25) is 4.90 Å². The van der Waals surface area contributed by atoms with Gasteiger partial charge in [-0.05, 0) is 55.8 Å². The van der Waals surface area contributed by atoms with Crippen molar-refractivity contribution in [3.05, 3.63) is 70.9 Å². The Hall–Kier alpha value is -2.72. The molecule has 0 saturated carbocycles. The van der Waals surface area contributed by atoms with E-state index >= 15 is 0 Å². The first-order chi connectivity index (χ1) is 16.4. The average Bonchev–Trinajstić information content (AvgIpc) is 3.33. The summed E-state index contributed by atoms with van der Waals surface area (Å²) in [5, 5.41) is 0.0475. The average molecular weight is 504 g/mol. The number of rotatable bonds is 8. The molecule has 1 aliphatic rings. The highest BCUT2D eigenvalue weighted by Crippen LogP contribution is 2.28. The molecule has 3 aromatic rings. The van der Waals surface area contributed by atoms with Gasteiger partial charge in [0.25, 0.3) is 15.1 Å². The third-order valence-electron chi connectivity index (χ3n) is 5.79. The van der Waals surface area contributed by atoms with Gasteiger partial charge in [-0.1, -0.05) is 48.4 Å². The Bertz CT molecular complexity index is 1220. The third-order valence-corrected chi connectivity index (χ3v) is 7.36. The van der Waals surface area contributed by atoms with Crippen LogP contribution in [0.1, 0.15) is 41.4 Å². The van der Waals surface area contributed by atoms with Crippen LogP contribution in [0.4, 0.5) is 0 Å². The zero-order valence-electron chi connectivity index (χ0n) is 18.7. The molecular weight excluding hydrogens is 478 g/mol. The van der Waals surface area contributed by atoms with Crippen LogP contribution in [0.15, 0.2) is 64.1 Å². The largest absolute Gasteiger partial charge is 0.464 e. The number of hydrogen-bond donors (Lipinski definition) is 1. The Morgan fingerprint density at radius 1 is 1.12 bits per heavy atom. The quantitative estimate of drug-likeness (QED) is 0.457. The van der Waals surface area contributed by atoms with Crippen LogP contribution in [0.3, 0.4) is 0 Å². The number of piperidine rings is 1. The number of likely N-dealkylation sites (tertiary alicyclic amines) is 1. The predicted octanol–water partition coefficient (Wildman–Crippen LogP) is 4.29. The minimum Gasteiger partial charge on any atom is -0.464 e. The molecule has 1 N–H and O–H groups in total. The molecular formula is C24H26ClN3O5S. The van der Waals surface area contributed by atoms with Crippen molar-refractivity contribution in [1.29, 1.82) is 0 Å². The van der Waals surface area contributed by atoms with Gasteiger partial charge in [0.1, 0.15) is 0 Å². The number of nitrogens with zero attached hydrogens (tertiary/aromatic N) is 2. The van der Waals surface area contributed by atoms with Crippen LogP contribution in [0.25, 0.3) is 11.5 Å². The zero-order valence-corrected chi connectivity index (χ0v) is 20.3. The van der Waals surface area contributed by atoms with E-state index in [0.29, 0.717) is 10.6 Å². The summed E-state index contributed by atoms with van der Waals surface area (Å²) >= 11 is 6.06. The first-order valence-corrected chi connectivity index (χ1v) is 12.9. The van der Waals surface area contributed by atoms with Crippen molar-refractivity contribution in [1.82, 2.24) is 14.6 Å². The first-order valence-electron chi connectivity index (χ1n) is 11.0. The second-order valence-corrected chi connectivity index (χ2v) is 10.1. The smallest absolute Gasteiger partial charge is 0.361 e. The number of halogens is 1. The summed E-state index contributed by atoms with van der Waals surface area (Å²) in [6.07, 6.45) is 3.25. The second kappa shape index (κ2) is 10.7. The van der Waals surface area contributed by atoms with Crippen molar-refractivity contribution in [2.75, 3.05) is 26.7 Å². The molecule has 8 nitrogen and oxygen atoms in total. The van der Waals surface area contributed by atoms with Crippen LogP contribution >= 0.6 is 11.6 Å². The monoisotopic (exact) mass is 503 g/mol. The zero-order chi connectivity index (χ0) is 24.1. The lowest BCUT2D eigenvalue weighted by atomic mass is 10.0. The van der Waals surface area contributed by atoms with E-state index in [-0.39, 0.29) is 18.5 Å². The summed E-state index contributed by atoms with van der Waals surface area (Å²) in [5.74, 6) is -0.872. The van der Waals surface area contributed by atoms with Gasteiger partial charge in [0.05, 0.1) is 7.11 Å². The number of methoxy groups -OCH3 is 1. The van der Waals surface area contributed by atoms with Crippen LogP contribution < -0.4 is 4.72 Å². The molecule has 0 spiro atoms. The first kappa shape index (κ1) is 24.4. The van der Waals surface area contributed by atoms with E-state index < -0.39 is 26.8 Å². The SMILES string of the molecule is COC(=O)c1nc(-c2ccccc2)oc1S(=O)(=O)NCC(c1ccc(Cl)cc1)N1CCCCC1. The third kappa shape index (κ3) is 5.50. The molecule has 1 unspecified atom stereocenters. The number of benzene rings is 2. The summed E-state index contributed by atoms with van der Waals surface area (Å²) in [6.45, 7) is 1.82. The number of ether oxygens (including phenoxy) is 1. The minimum atomic E-state index is -4.22. The molecule has 4 rings (SSSR count). The number of nitrogens with one attached hydrogen (secondary N) is 1. The van der Waals surface area contributed by atoms with Crippen LogP contribution in [-0.4, -0.2) is 51.0 Å². The summed E-state index contributed by atoms with van der Waals surface area (Å²) in [5.41, 5.74) is 1.10. The molecule has 34 heavy (non-hydrogen) atoms. The lowest BCUT2D eigenvalue weighted by molar-refractivity contribution is 0.0587. The highest BCUT2D eigenvalue weighted by molar-refractivity contribution is 7.89. The van der Waals surface area contributed by atoms with Crippen LogP contribution in [0.5, 0.6) is 0 Å². The lowest BCUT2D eigenvalue weighted by Crippen LogP contribution is -2.40.